The SMILES string of the molecule is CCCCPC(=O)c1c(OC)c(Cl)cc(Cl)c1OC.[Li]. The number of carbonyl (C=O) groups is 1. The van der Waals surface area contributed by atoms with Crippen molar-refractivity contribution in [2.45, 2.75) is 19.8 Å². The van der Waals surface area contributed by atoms with Crippen LogP contribution in [0.15, 0.2) is 6.07 Å². The summed E-state index contributed by atoms with van der Waals surface area (Å²) >= 11 is 12.1. The molecule has 0 aliphatic rings. The summed E-state index contributed by atoms with van der Waals surface area (Å²) in [6.45, 7) is 2.09. The van der Waals surface area contributed by atoms with Crippen molar-refractivity contribution in [3.8, 4) is 11.5 Å². The second-order valence-corrected chi connectivity index (χ2v) is 6.01. The summed E-state index contributed by atoms with van der Waals surface area (Å²) in [7, 11) is 3.11. The van der Waals surface area contributed by atoms with E-state index in [0.717, 1.165) is 19.0 Å². The number of unbranched alkanes of at least 4 members (excludes halogenated alkanes) is 1. The molecule has 1 unspecified atom stereocenters. The molecule has 107 valence electrons. The van der Waals surface area contributed by atoms with Crippen molar-refractivity contribution >= 4 is 56.2 Å². The third-order valence-electron chi connectivity index (χ3n) is 2.59. The third-order valence-corrected chi connectivity index (χ3v) is 4.33. The Kier molecular flexibility index (Phi) is 9.98. The molecular weight excluding hydrogens is 313 g/mol. The first-order valence-corrected chi connectivity index (χ1v) is 7.91. The van der Waals surface area contributed by atoms with Crippen molar-refractivity contribution in [2.75, 3.05) is 20.4 Å². The maximum Gasteiger partial charge on any atom is 0.188 e. The van der Waals surface area contributed by atoms with Gasteiger partial charge in [-0.15, -0.1) is 0 Å². The number of hydrogen-bond donors (Lipinski definition) is 0. The van der Waals surface area contributed by atoms with Gasteiger partial charge in [-0.2, -0.15) is 0 Å². The fourth-order valence-corrected chi connectivity index (χ4v) is 3.44. The van der Waals surface area contributed by atoms with E-state index in [1.165, 1.54) is 20.3 Å². The molecular formula is C13H17Cl2LiO3P. The first-order valence-electron chi connectivity index (χ1n) is 5.94. The fraction of sp³-hybridized carbons (Fsp3) is 0.462. The molecule has 1 atom stereocenters. The van der Waals surface area contributed by atoms with E-state index in [2.05, 4.69) is 6.92 Å². The Labute approximate surface area is 143 Å². The van der Waals surface area contributed by atoms with Gasteiger partial charge in [0.25, 0.3) is 0 Å². The largest absolute Gasteiger partial charge is 0.494 e. The molecule has 1 rings (SSSR count). The maximum absolute atomic E-state index is 12.3. The summed E-state index contributed by atoms with van der Waals surface area (Å²) in [6.07, 6.45) is 2.93. The molecule has 0 fully saturated rings. The normalized spacial score (nSPS) is 10.4. The van der Waals surface area contributed by atoms with Crippen LogP contribution in [-0.2, 0) is 0 Å². The van der Waals surface area contributed by atoms with Crippen LogP contribution in [0, 0.1) is 0 Å². The minimum absolute atomic E-state index is 0. The monoisotopic (exact) mass is 329 g/mol. The molecule has 1 aromatic rings. The Morgan fingerprint density at radius 2 is 1.70 bits per heavy atom. The van der Waals surface area contributed by atoms with E-state index in [1.807, 2.05) is 0 Å². The molecule has 0 saturated carbocycles. The minimum atomic E-state index is -0.0356. The zero-order chi connectivity index (χ0) is 14.4. The van der Waals surface area contributed by atoms with Crippen molar-refractivity contribution < 1.29 is 14.3 Å². The van der Waals surface area contributed by atoms with Crippen LogP contribution >= 0.6 is 31.8 Å². The predicted molar refractivity (Wildman–Crippen MR) is 87.7 cm³/mol. The molecule has 0 amide bonds. The minimum Gasteiger partial charge on any atom is -0.494 e. The fourth-order valence-electron chi connectivity index (χ4n) is 1.66. The van der Waals surface area contributed by atoms with Crippen molar-refractivity contribution in [1.82, 2.24) is 0 Å². The zero-order valence-corrected chi connectivity index (χ0v) is 14.7. The van der Waals surface area contributed by atoms with E-state index >= 15 is 0 Å². The van der Waals surface area contributed by atoms with Crippen molar-refractivity contribution in [3.05, 3.63) is 21.7 Å². The average Bonchev–Trinajstić information content (AvgIpc) is 2.38. The average molecular weight is 330 g/mol. The van der Waals surface area contributed by atoms with Gasteiger partial charge in [-0.3, -0.25) is 4.79 Å². The van der Waals surface area contributed by atoms with E-state index in [0.29, 0.717) is 27.1 Å². The smallest absolute Gasteiger partial charge is 0.188 e. The molecule has 0 bridgehead atoms. The molecule has 0 N–H and O–H groups in total. The molecule has 7 heteroatoms. The van der Waals surface area contributed by atoms with Crippen LogP contribution in [0.25, 0.3) is 0 Å². The summed E-state index contributed by atoms with van der Waals surface area (Å²) in [6, 6.07) is 1.52. The number of rotatable bonds is 7. The van der Waals surface area contributed by atoms with Gasteiger partial charge in [0.05, 0.1) is 24.3 Å². The predicted octanol–water partition coefficient (Wildman–Crippen LogP) is 4.25. The van der Waals surface area contributed by atoms with Gasteiger partial charge >= 0.3 is 0 Å². The second-order valence-electron chi connectivity index (χ2n) is 3.89. The molecule has 0 aromatic heterocycles. The van der Waals surface area contributed by atoms with Gasteiger partial charge in [0.2, 0.25) is 0 Å². The number of benzene rings is 1. The molecule has 0 saturated heterocycles. The Balaban J connectivity index is 0.00000361. The zero-order valence-electron chi connectivity index (χ0n) is 12.2. The van der Waals surface area contributed by atoms with E-state index in [4.69, 9.17) is 32.7 Å². The number of carbonyl (C=O) groups excluding carboxylic acids is 1. The maximum atomic E-state index is 12.3. The van der Waals surface area contributed by atoms with E-state index in [9.17, 15) is 4.79 Å². The number of methoxy groups -OCH3 is 2. The van der Waals surface area contributed by atoms with Gasteiger partial charge in [0, 0.05) is 18.9 Å². The van der Waals surface area contributed by atoms with Gasteiger partial charge in [-0.1, -0.05) is 36.5 Å². The molecule has 0 heterocycles. The first kappa shape index (κ1) is 20.1. The molecule has 1 aromatic carbocycles. The van der Waals surface area contributed by atoms with Crippen molar-refractivity contribution in [2.24, 2.45) is 0 Å². The molecule has 3 nitrogen and oxygen atoms in total. The molecule has 1 radical (unpaired) electrons. The van der Waals surface area contributed by atoms with Crippen LogP contribution in [0.1, 0.15) is 30.1 Å². The molecule has 0 aliphatic heterocycles. The van der Waals surface area contributed by atoms with Gasteiger partial charge < -0.3 is 9.47 Å². The summed E-state index contributed by atoms with van der Waals surface area (Å²) < 4.78 is 10.4. The van der Waals surface area contributed by atoms with Crippen molar-refractivity contribution in [3.63, 3.8) is 0 Å². The Morgan fingerprint density at radius 3 is 2.10 bits per heavy atom. The quantitative estimate of drug-likeness (QED) is 0.426. The van der Waals surface area contributed by atoms with Crippen LogP contribution in [0.4, 0.5) is 0 Å². The van der Waals surface area contributed by atoms with E-state index < -0.39 is 0 Å². The summed E-state index contributed by atoms with van der Waals surface area (Å²) in [5, 5.41) is 0.633. The summed E-state index contributed by atoms with van der Waals surface area (Å²) in [5.74, 6) is 0.661. The summed E-state index contributed by atoms with van der Waals surface area (Å²) in [5.41, 5.74) is 0.309. The molecule has 0 spiro atoms. The van der Waals surface area contributed by atoms with Crippen LogP contribution in [0.3, 0.4) is 0 Å². The van der Waals surface area contributed by atoms with Crippen LogP contribution in [0.2, 0.25) is 10.0 Å². The topological polar surface area (TPSA) is 35.5 Å². The first-order chi connectivity index (χ1) is 9.06. The van der Waals surface area contributed by atoms with Gasteiger partial charge in [-0.05, 0) is 27.2 Å². The second kappa shape index (κ2) is 9.93. The third kappa shape index (κ3) is 4.83. The standard InChI is InChI=1S/C13H17Cl2O3P.Li/c1-4-5-6-19-13(16)10-11(17-2)8(14)7-9(15)12(10)18-3;/h7,19H,4-6H2,1-3H3;. The number of halogens is 2. The Bertz CT molecular complexity index is 441. The Morgan fingerprint density at radius 1 is 1.20 bits per heavy atom. The van der Waals surface area contributed by atoms with Gasteiger partial charge in [0.1, 0.15) is 5.56 Å². The van der Waals surface area contributed by atoms with E-state index in [1.54, 1.807) is 0 Å². The van der Waals surface area contributed by atoms with Crippen LogP contribution in [0.5, 0.6) is 11.5 Å². The van der Waals surface area contributed by atoms with Crippen LogP contribution < -0.4 is 9.47 Å². The van der Waals surface area contributed by atoms with Crippen molar-refractivity contribution in [1.29, 1.82) is 0 Å². The number of ether oxygens (including phenoxy) is 2. The molecule has 20 heavy (non-hydrogen) atoms. The number of hydrogen-bond acceptors (Lipinski definition) is 3. The van der Waals surface area contributed by atoms with E-state index in [-0.39, 0.29) is 33.0 Å². The Hall–Kier alpha value is 0.0974. The van der Waals surface area contributed by atoms with Gasteiger partial charge in [-0.25, -0.2) is 0 Å². The summed E-state index contributed by atoms with van der Waals surface area (Å²) in [4.78, 5) is 12.3. The van der Waals surface area contributed by atoms with Gasteiger partial charge in [0.15, 0.2) is 17.0 Å². The van der Waals surface area contributed by atoms with Crippen LogP contribution in [-0.4, -0.2) is 44.8 Å². The molecule has 0 aliphatic carbocycles.